The molecule has 9 aromatic carbocycles. The van der Waals surface area contributed by atoms with Crippen molar-refractivity contribution in [2.45, 2.75) is 19.3 Å². The lowest BCUT2D eigenvalue weighted by Crippen LogP contribution is -2.14. The third-order valence-corrected chi connectivity index (χ3v) is 11.9. The summed E-state index contributed by atoms with van der Waals surface area (Å²) in [7, 11) is 0. The van der Waals surface area contributed by atoms with Crippen LogP contribution in [0, 0.1) is 0 Å². The van der Waals surface area contributed by atoms with E-state index in [1.165, 1.54) is 0 Å². The number of hydrogen-bond acceptors (Lipinski definition) is 3. The van der Waals surface area contributed by atoms with Gasteiger partial charge in [-0.2, -0.15) is 15.0 Å². The van der Waals surface area contributed by atoms with Crippen molar-refractivity contribution >= 4 is 43.6 Å². The topological polar surface area (TPSA) is 48.5 Å². The molecular weight excluding hydrogens is 791 g/mol. The molecule has 0 saturated carbocycles. The predicted molar refractivity (Wildman–Crippen MR) is 268 cm³/mol. The summed E-state index contributed by atoms with van der Waals surface area (Å²) in [5, 5.41) is -1.81. The summed E-state index contributed by atoms with van der Waals surface area (Å²) in [5.41, 5.74) is 0.358. The number of aromatic nitrogens is 5. The summed E-state index contributed by atoms with van der Waals surface area (Å²) in [4.78, 5) is 14.8. The van der Waals surface area contributed by atoms with E-state index < -0.39 is 217 Å². The van der Waals surface area contributed by atoms with Crippen molar-refractivity contribution in [3.05, 3.63) is 223 Å². The van der Waals surface area contributed by atoms with E-state index in [0.717, 1.165) is 37.0 Å². The lowest BCUT2D eigenvalue weighted by atomic mass is 9.81. The van der Waals surface area contributed by atoms with Gasteiger partial charge in [0.15, 0.2) is 5.82 Å². The highest BCUT2D eigenvalue weighted by Crippen LogP contribution is 2.49. The van der Waals surface area contributed by atoms with Gasteiger partial charge in [0.2, 0.25) is 11.9 Å². The van der Waals surface area contributed by atoms with Gasteiger partial charge in [-0.25, -0.2) is 0 Å². The SMILES string of the molecule is [2H]c1c([2H])c([2H])c(-c2c([2H])c([2H])c3c4c([2H])c([2H])c(-c5c([2H])c([2H])c([2H])c([2H])c5[2H])c([2H])c4n(-c4nc(-c5cccc(-c6ccc7c(c6)C(C)(C)c6ccccc6-7)c5)nc(-n5c6c([2H])c([2H])c([2H])c([2H])c6c6c([2H])c([2H])c([2H])c([2H])c65)n4)c3c2[2H])c([2H])c1[2H]. The molecule has 0 radical (unpaired) electrons. The van der Waals surface area contributed by atoms with Crippen molar-refractivity contribution in [3.63, 3.8) is 0 Å². The molecule has 0 saturated heterocycles. The Hall–Kier alpha value is -8.41. The fourth-order valence-corrected chi connectivity index (χ4v) is 8.83. The Morgan fingerprint density at radius 1 is 0.385 bits per heavy atom. The Bertz CT molecular complexity index is 5020. The van der Waals surface area contributed by atoms with E-state index in [4.69, 9.17) is 34.1 Å². The molecule has 0 spiro atoms. The van der Waals surface area contributed by atoms with Gasteiger partial charge in [0, 0.05) is 32.5 Å². The molecule has 5 heteroatoms. The van der Waals surface area contributed by atoms with Gasteiger partial charge >= 0.3 is 0 Å². The third-order valence-electron chi connectivity index (χ3n) is 11.9. The predicted octanol–water partition coefficient (Wildman–Crippen LogP) is 15.0. The molecule has 0 bridgehead atoms. The number of nitrogens with zero attached hydrogens (tertiary/aromatic N) is 5. The molecule has 306 valence electrons. The molecule has 5 nitrogen and oxygen atoms in total. The molecule has 0 unspecified atom stereocenters. The van der Waals surface area contributed by atoms with Crippen LogP contribution in [0.15, 0.2) is 212 Å². The zero-order valence-electron chi connectivity index (χ0n) is 58.1. The molecule has 65 heavy (non-hydrogen) atoms. The van der Waals surface area contributed by atoms with Crippen LogP contribution in [-0.4, -0.2) is 24.1 Å². The Balaban J connectivity index is 1.24. The van der Waals surface area contributed by atoms with E-state index in [1.54, 1.807) is 18.2 Å². The van der Waals surface area contributed by atoms with Crippen LogP contribution >= 0.6 is 0 Å². The minimum absolute atomic E-state index is 0.182. The van der Waals surface area contributed by atoms with Gasteiger partial charge < -0.3 is 0 Å². The number of benzene rings is 9. The number of rotatable bonds is 6. The van der Waals surface area contributed by atoms with Crippen LogP contribution in [0.1, 0.15) is 57.9 Å². The molecule has 12 aromatic rings. The largest absolute Gasteiger partial charge is 0.278 e. The average Bonchev–Trinajstić information content (AvgIpc) is 1.57. The first-order valence-electron chi connectivity index (χ1n) is 32.3. The molecule has 3 heterocycles. The van der Waals surface area contributed by atoms with E-state index in [1.807, 2.05) is 30.3 Å². The van der Waals surface area contributed by atoms with Crippen molar-refractivity contribution < 1.29 is 32.9 Å². The van der Waals surface area contributed by atoms with Crippen LogP contribution in [-0.2, 0) is 5.41 Å². The Morgan fingerprint density at radius 2 is 0.892 bits per heavy atom. The fraction of sp³-hybridized carbons (Fsp3) is 0.0500. The third kappa shape index (κ3) is 5.82. The summed E-state index contributed by atoms with van der Waals surface area (Å²) < 4.78 is 220. The van der Waals surface area contributed by atoms with E-state index in [9.17, 15) is 13.7 Å². The van der Waals surface area contributed by atoms with Crippen LogP contribution in [0.2, 0.25) is 0 Å². The first-order chi connectivity index (χ1) is 42.0. The van der Waals surface area contributed by atoms with Crippen molar-refractivity contribution in [1.29, 1.82) is 0 Å². The summed E-state index contributed by atoms with van der Waals surface area (Å²) in [6.45, 7) is 4.23. The lowest BCUT2D eigenvalue weighted by molar-refractivity contribution is 0.660. The van der Waals surface area contributed by atoms with Crippen molar-refractivity contribution in [2.75, 3.05) is 0 Å². The lowest BCUT2D eigenvalue weighted by Gasteiger charge is -2.22. The van der Waals surface area contributed by atoms with Crippen LogP contribution in [0.4, 0.5) is 0 Å². The second-order valence-corrected chi connectivity index (χ2v) is 15.8. The smallest absolute Gasteiger partial charge is 0.240 e. The van der Waals surface area contributed by atoms with Crippen molar-refractivity contribution in [2.24, 2.45) is 0 Å². The molecule has 0 N–H and O–H groups in total. The molecule has 13 rings (SSSR count). The van der Waals surface area contributed by atoms with Gasteiger partial charge in [-0.3, -0.25) is 9.13 Å². The summed E-state index contributed by atoms with van der Waals surface area (Å²) in [5.74, 6) is -1.66. The summed E-state index contributed by atoms with van der Waals surface area (Å²) in [6.07, 6.45) is 0. The highest BCUT2D eigenvalue weighted by atomic mass is 15.3. The Morgan fingerprint density at radius 3 is 1.52 bits per heavy atom. The van der Waals surface area contributed by atoms with E-state index >= 15 is 0 Å². The molecule has 3 aromatic heterocycles. The van der Waals surface area contributed by atoms with Crippen molar-refractivity contribution in [1.82, 2.24) is 24.1 Å². The molecule has 0 atom stereocenters. The zero-order chi connectivity index (χ0) is 64.1. The van der Waals surface area contributed by atoms with Crippen LogP contribution in [0.5, 0.6) is 0 Å². The quantitative estimate of drug-likeness (QED) is 0.167. The van der Waals surface area contributed by atoms with Crippen LogP contribution in [0.3, 0.4) is 0 Å². The molecule has 1 aliphatic carbocycles. The minimum atomic E-state index is -0.909. The van der Waals surface area contributed by atoms with Gasteiger partial charge in [-0.15, -0.1) is 0 Å². The second kappa shape index (κ2) is 14.3. The molecule has 0 amide bonds. The monoisotopic (exact) mass is 855 g/mol. The second-order valence-electron chi connectivity index (χ2n) is 15.8. The maximum absolute atomic E-state index is 10.1. The van der Waals surface area contributed by atoms with Crippen LogP contribution < -0.4 is 0 Å². The molecule has 1 aliphatic rings. The molecule has 0 aliphatic heterocycles. The maximum Gasteiger partial charge on any atom is 0.240 e. The molecule has 0 fully saturated rings. The zero-order valence-corrected chi connectivity index (χ0v) is 34.1. The number of fused-ring (bicyclic) bond motifs is 9. The standard InChI is InChI=1S/C60H41N5/c1-60(2)51-25-12-9-22-45(51)46-31-28-41(35-52(46)60)40-20-15-21-44(34-40)57-61-58(64-53-26-13-10-23-47(53)48-24-11-14-27-54(48)64)63-59(62-57)65-55-36-42(38-16-5-3-6-17-38)29-32-49(55)50-33-30-43(37-56(50)65)39-18-7-4-8-19-39/h3-37H,1-2H3/i3D,4D,5D,6D,7D,8D,10D,11D,13D,14D,16D,17D,18D,19D,23D,24D,26D,27D,29D,30D,32D,33D,36D,37D. The van der Waals surface area contributed by atoms with Crippen LogP contribution in [0.25, 0.3) is 111 Å². The Kier molecular flexibility index (Phi) is 4.49. The van der Waals surface area contributed by atoms with E-state index in [2.05, 4.69) is 32.0 Å². The average molecular weight is 856 g/mol. The first-order valence-corrected chi connectivity index (χ1v) is 20.3. The van der Waals surface area contributed by atoms with Crippen molar-refractivity contribution in [3.8, 4) is 67.8 Å². The number of hydrogen-bond donors (Lipinski definition) is 0. The van der Waals surface area contributed by atoms with Gasteiger partial charge in [-0.1, -0.05) is 189 Å². The first kappa shape index (κ1) is 20.4. The van der Waals surface area contributed by atoms with Gasteiger partial charge in [0.25, 0.3) is 0 Å². The molecular formula is C60H41N5. The van der Waals surface area contributed by atoms with Gasteiger partial charge in [0.05, 0.1) is 55.0 Å². The number of para-hydroxylation sites is 2. The van der Waals surface area contributed by atoms with E-state index in [0.29, 0.717) is 5.56 Å². The summed E-state index contributed by atoms with van der Waals surface area (Å²) in [6, 6.07) is 0.764. The van der Waals surface area contributed by atoms with E-state index in [-0.39, 0.29) is 22.2 Å². The minimum Gasteiger partial charge on any atom is -0.278 e. The Labute approximate surface area is 410 Å². The highest BCUT2D eigenvalue weighted by molar-refractivity contribution is 6.11. The van der Waals surface area contributed by atoms with Gasteiger partial charge in [0.1, 0.15) is 0 Å². The highest BCUT2D eigenvalue weighted by Gasteiger charge is 2.35. The fourth-order valence-electron chi connectivity index (χ4n) is 8.83. The maximum atomic E-state index is 10.1. The summed E-state index contributed by atoms with van der Waals surface area (Å²) >= 11 is 0. The van der Waals surface area contributed by atoms with Gasteiger partial charge in [-0.05, 0) is 91.9 Å². The normalized spacial score (nSPS) is 18.1.